The van der Waals surface area contributed by atoms with Crippen LogP contribution in [0.3, 0.4) is 0 Å². The Morgan fingerprint density at radius 2 is 2.19 bits per heavy atom. The minimum absolute atomic E-state index is 0.0647. The summed E-state index contributed by atoms with van der Waals surface area (Å²) in [6.45, 7) is 4.15. The molecule has 0 bridgehead atoms. The van der Waals surface area contributed by atoms with Gasteiger partial charge in [0.25, 0.3) is 0 Å². The fourth-order valence-corrected chi connectivity index (χ4v) is 4.98. The van der Waals surface area contributed by atoms with Crippen LogP contribution in [0.4, 0.5) is 5.13 Å². The quantitative estimate of drug-likeness (QED) is 0.787. The number of amides is 1. The largest absolute Gasteiger partial charge is 0.497 e. The maximum Gasteiger partial charge on any atom is 0.227 e. The summed E-state index contributed by atoms with van der Waals surface area (Å²) in [6, 6.07) is 6.06. The molecular formula is C20H27N3O3S. The van der Waals surface area contributed by atoms with Crippen LogP contribution >= 0.6 is 11.3 Å². The smallest absolute Gasteiger partial charge is 0.227 e. The van der Waals surface area contributed by atoms with E-state index >= 15 is 0 Å². The van der Waals surface area contributed by atoms with Gasteiger partial charge in [0.1, 0.15) is 5.75 Å². The summed E-state index contributed by atoms with van der Waals surface area (Å²) in [4.78, 5) is 21.6. The first-order chi connectivity index (χ1) is 13.1. The van der Waals surface area contributed by atoms with Crippen molar-refractivity contribution in [3.8, 4) is 5.75 Å². The predicted octanol–water partition coefficient (Wildman–Crippen LogP) is 3.02. The SMILES string of the molecule is COc1ccc2sc(N3CCC(CN(C)C(=O)C4CCOC4)CC3)nc2c1. The van der Waals surface area contributed by atoms with Gasteiger partial charge in [0, 0.05) is 39.4 Å². The molecule has 0 radical (unpaired) electrons. The van der Waals surface area contributed by atoms with Gasteiger partial charge < -0.3 is 19.3 Å². The zero-order valence-electron chi connectivity index (χ0n) is 16.0. The molecule has 1 aromatic carbocycles. The van der Waals surface area contributed by atoms with Crippen molar-refractivity contribution in [1.29, 1.82) is 0 Å². The Hall–Kier alpha value is -1.86. The van der Waals surface area contributed by atoms with Gasteiger partial charge in [-0.15, -0.1) is 0 Å². The van der Waals surface area contributed by atoms with Gasteiger partial charge in [-0.25, -0.2) is 4.98 Å². The lowest BCUT2D eigenvalue weighted by atomic mass is 9.96. The number of carbonyl (C=O) groups excluding carboxylic acids is 1. The zero-order valence-corrected chi connectivity index (χ0v) is 16.8. The van der Waals surface area contributed by atoms with E-state index in [-0.39, 0.29) is 11.8 Å². The van der Waals surface area contributed by atoms with Crippen molar-refractivity contribution in [2.75, 3.05) is 51.9 Å². The number of hydrogen-bond acceptors (Lipinski definition) is 6. The van der Waals surface area contributed by atoms with E-state index in [4.69, 9.17) is 14.5 Å². The van der Waals surface area contributed by atoms with Crippen LogP contribution < -0.4 is 9.64 Å². The van der Waals surface area contributed by atoms with Crippen LogP contribution in [0.1, 0.15) is 19.3 Å². The minimum atomic E-state index is 0.0647. The number of piperidine rings is 1. The van der Waals surface area contributed by atoms with Crippen molar-refractivity contribution in [3.05, 3.63) is 18.2 Å². The van der Waals surface area contributed by atoms with Crippen LogP contribution in [-0.4, -0.2) is 62.8 Å². The second kappa shape index (κ2) is 8.02. The Bertz CT molecular complexity index is 795. The van der Waals surface area contributed by atoms with E-state index in [1.807, 2.05) is 24.1 Å². The number of thiazole rings is 1. The molecule has 1 aromatic heterocycles. The highest BCUT2D eigenvalue weighted by Gasteiger charge is 2.29. The molecule has 1 amide bonds. The highest BCUT2D eigenvalue weighted by molar-refractivity contribution is 7.22. The summed E-state index contributed by atoms with van der Waals surface area (Å²) >= 11 is 1.74. The molecule has 2 aromatic rings. The monoisotopic (exact) mass is 389 g/mol. The number of anilines is 1. The van der Waals surface area contributed by atoms with Gasteiger partial charge in [0.15, 0.2) is 5.13 Å². The summed E-state index contributed by atoms with van der Waals surface area (Å²) in [5.74, 6) is 1.72. The molecule has 2 aliphatic heterocycles. The maximum atomic E-state index is 12.5. The Morgan fingerprint density at radius 1 is 1.37 bits per heavy atom. The first kappa shape index (κ1) is 18.5. The molecule has 2 fully saturated rings. The van der Waals surface area contributed by atoms with Gasteiger partial charge in [-0.2, -0.15) is 0 Å². The van der Waals surface area contributed by atoms with Gasteiger partial charge in [0.05, 0.1) is 29.9 Å². The summed E-state index contributed by atoms with van der Waals surface area (Å²) in [5, 5.41) is 1.09. The first-order valence-corrected chi connectivity index (χ1v) is 10.5. The Morgan fingerprint density at radius 3 is 2.89 bits per heavy atom. The molecule has 3 heterocycles. The average molecular weight is 390 g/mol. The molecule has 6 nitrogen and oxygen atoms in total. The van der Waals surface area contributed by atoms with Gasteiger partial charge in [-0.05, 0) is 37.3 Å². The van der Waals surface area contributed by atoms with Crippen LogP contribution in [0.15, 0.2) is 18.2 Å². The topological polar surface area (TPSA) is 54.9 Å². The van der Waals surface area contributed by atoms with Crippen molar-refractivity contribution >= 4 is 32.6 Å². The second-order valence-corrected chi connectivity index (χ2v) is 8.55. The number of rotatable bonds is 5. The van der Waals surface area contributed by atoms with Crippen LogP contribution in [0.2, 0.25) is 0 Å². The average Bonchev–Trinajstić information content (AvgIpc) is 3.37. The highest BCUT2D eigenvalue weighted by atomic mass is 32.1. The Kier molecular flexibility index (Phi) is 5.50. The van der Waals surface area contributed by atoms with E-state index < -0.39 is 0 Å². The third kappa shape index (κ3) is 4.04. The summed E-state index contributed by atoms with van der Waals surface area (Å²) in [6.07, 6.45) is 3.06. The zero-order chi connectivity index (χ0) is 18.8. The molecule has 7 heteroatoms. The van der Waals surface area contributed by atoms with Gasteiger partial charge >= 0.3 is 0 Å². The molecule has 2 aliphatic rings. The van der Waals surface area contributed by atoms with Crippen molar-refractivity contribution in [2.45, 2.75) is 19.3 Å². The van der Waals surface area contributed by atoms with E-state index in [2.05, 4.69) is 11.0 Å². The van der Waals surface area contributed by atoms with Crippen LogP contribution in [-0.2, 0) is 9.53 Å². The third-order valence-corrected chi connectivity index (χ3v) is 6.75. The molecule has 1 unspecified atom stereocenters. The van der Waals surface area contributed by atoms with E-state index in [0.717, 1.165) is 61.9 Å². The minimum Gasteiger partial charge on any atom is -0.497 e. The molecule has 2 saturated heterocycles. The molecule has 0 aliphatic carbocycles. The van der Waals surface area contributed by atoms with Gasteiger partial charge in [0.2, 0.25) is 5.91 Å². The number of methoxy groups -OCH3 is 1. The summed E-state index contributed by atoms with van der Waals surface area (Å²) in [5.41, 5.74) is 1.00. The highest BCUT2D eigenvalue weighted by Crippen LogP contribution is 2.33. The predicted molar refractivity (Wildman–Crippen MR) is 108 cm³/mol. The molecule has 1 atom stereocenters. The summed E-state index contributed by atoms with van der Waals surface area (Å²) in [7, 11) is 3.62. The Balaban J connectivity index is 1.32. The molecule has 27 heavy (non-hydrogen) atoms. The van der Waals surface area contributed by atoms with Crippen LogP contribution in [0.5, 0.6) is 5.75 Å². The fourth-order valence-electron chi connectivity index (χ4n) is 3.98. The van der Waals surface area contributed by atoms with Crippen molar-refractivity contribution in [3.63, 3.8) is 0 Å². The molecule has 0 saturated carbocycles. The standard InChI is InChI=1S/C20H27N3O3S/c1-22(19(24)15-7-10-26-13-15)12-14-5-8-23(9-6-14)20-21-17-11-16(25-2)3-4-18(17)27-20/h3-4,11,14-15H,5-10,12-13H2,1-2H3. The number of hydrogen-bond donors (Lipinski definition) is 0. The van der Waals surface area contributed by atoms with E-state index in [0.29, 0.717) is 12.5 Å². The molecule has 0 spiro atoms. The molecular weight excluding hydrogens is 362 g/mol. The van der Waals surface area contributed by atoms with E-state index in [9.17, 15) is 4.79 Å². The molecule has 0 N–H and O–H groups in total. The van der Waals surface area contributed by atoms with Crippen LogP contribution in [0.25, 0.3) is 10.2 Å². The van der Waals surface area contributed by atoms with E-state index in [1.54, 1.807) is 18.4 Å². The third-order valence-electron chi connectivity index (χ3n) is 5.66. The van der Waals surface area contributed by atoms with Crippen molar-refractivity contribution in [1.82, 2.24) is 9.88 Å². The normalized spacial score (nSPS) is 21.0. The number of benzene rings is 1. The van der Waals surface area contributed by atoms with Gasteiger partial charge in [-0.1, -0.05) is 11.3 Å². The lowest BCUT2D eigenvalue weighted by molar-refractivity contribution is -0.134. The second-order valence-electron chi connectivity index (χ2n) is 7.54. The van der Waals surface area contributed by atoms with Crippen LogP contribution in [0, 0.1) is 11.8 Å². The lowest BCUT2D eigenvalue weighted by Crippen LogP contribution is -2.41. The van der Waals surface area contributed by atoms with Crippen molar-refractivity contribution < 1.29 is 14.3 Å². The Labute approximate surface area is 164 Å². The first-order valence-electron chi connectivity index (χ1n) is 9.66. The summed E-state index contributed by atoms with van der Waals surface area (Å²) < 4.78 is 11.8. The number of fused-ring (bicyclic) bond motifs is 1. The number of carbonyl (C=O) groups is 1. The molecule has 146 valence electrons. The lowest BCUT2D eigenvalue weighted by Gasteiger charge is -2.34. The number of nitrogens with zero attached hydrogens (tertiary/aromatic N) is 3. The maximum absolute atomic E-state index is 12.5. The number of ether oxygens (including phenoxy) is 2. The molecule has 4 rings (SSSR count). The van der Waals surface area contributed by atoms with Gasteiger partial charge in [-0.3, -0.25) is 4.79 Å². The number of aromatic nitrogens is 1. The van der Waals surface area contributed by atoms with Crippen molar-refractivity contribution in [2.24, 2.45) is 11.8 Å². The fraction of sp³-hybridized carbons (Fsp3) is 0.600. The van der Waals surface area contributed by atoms with E-state index in [1.165, 1.54) is 4.70 Å².